The van der Waals surface area contributed by atoms with Gasteiger partial charge in [0.1, 0.15) is 5.75 Å². The van der Waals surface area contributed by atoms with E-state index in [0.29, 0.717) is 27.1 Å². The molecule has 0 aromatic heterocycles. The highest BCUT2D eigenvalue weighted by Crippen LogP contribution is 2.36. The van der Waals surface area contributed by atoms with Crippen molar-refractivity contribution in [2.24, 2.45) is 4.99 Å². The number of hydrogen-bond donors (Lipinski definition) is 1. The highest BCUT2D eigenvalue weighted by atomic mass is 32.2. The van der Waals surface area contributed by atoms with Gasteiger partial charge in [-0.15, -0.1) is 0 Å². The molecule has 1 amide bonds. The lowest BCUT2D eigenvalue weighted by atomic mass is 10.1. The normalized spacial score (nSPS) is 15.3. The summed E-state index contributed by atoms with van der Waals surface area (Å²) >= 11 is 1.23. The van der Waals surface area contributed by atoms with Gasteiger partial charge in [0, 0.05) is 5.56 Å². The van der Waals surface area contributed by atoms with E-state index >= 15 is 0 Å². The Hall–Kier alpha value is -4.37. The molecule has 3 aromatic rings. The third kappa shape index (κ3) is 6.65. The van der Waals surface area contributed by atoms with Crippen LogP contribution in [0, 0.1) is 0 Å². The number of rotatable bonds is 9. The van der Waals surface area contributed by atoms with Gasteiger partial charge in [0.15, 0.2) is 11.8 Å². The molecule has 37 heavy (non-hydrogen) atoms. The second-order valence-electron chi connectivity index (χ2n) is 7.87. The predicted octanol–water partition coefficient (Wildman–Crippen LogP) is 5.13. The smallest absolute Gasteiger partial charge is 0.344 e. The predicted molar refractivity (Wildman–Crippen MR) is 142 cm³/mol. The van der Waals surface area contributed by atoms with Gasteiger partial charge in [-0.2, -0.15) is 0 Å². The Balaban J connectivity index is 1.63. The summed E-state index contributed by atoms with van der Waals surface area (Å²) in [5.74, 6) is -1.30. The van der Waals surface area contributed by atoms with Gasteiger partial charge in [-0.05, 0) is 60.7 Å². The number of carbonyl (C=O) groups excluding carboxylic acids is 2. The molecule has 0 unspecified atom stereocenters. The molecule has 0 atom stereocenters. The number of aromatic carboxylic acids is 1. The van der Waals surface area contributed by atoms with Crippen LogP contribution >= 0.6 is 11.8 Å². The summed E-state index contributed by atoms with van der Waals surface area (Å²) in [6, 6.07) is 22.8. The molecule has 1 N–H and O–H groups in total. The highest BCUT2D eigenvalue weighted by Gasteiger charge is 2.33. The zero-order valence-corrected chi connectivity index (χ0v) is 20.8. The standard InChI is InChI=1S/C28H24N2O6S/c1-2-35-25(31)18-36-23-11-7-6-8-21(23)16-24-26(32)30(17-19-12-14-20(15-13-19)27(33)34)28(37-24)29-22-9-4-3-5-10-22/h3-16H,2,17-18H2,1H3,(H,33,34)/b24-16-,29-28?. The Kier molecular flexibility index (Phi) is 8.37. The van der Waals surface area contributed by atoms with Gasteiger partial charge in [-0.3, -0.25) is 9.69 Å². The van der Waals surface area contributed by atoms with Gasteiger partial charge in [0.05, 0.1) is 29.3 Å². The van der Waals surface area contributed by atoms with Crippen LogP contribution in [-0.4, -0.2) is 46.2 Å². The highest BCUT2D eigenvalue weighted by molar-refractivity contribution is 8.18. The molecule has 1 heterocycles. The van der Waals surface area contributed by atoms with Crippen molar-refractivity contribution >= 4 is 46.5 Å². The summed E-state index contributed by atoms with van der Waals surface area (Å²) in [7, 11) is 0. The topological polar surface area (TPSA) is 106 Å². The minimum absolute atomic E-state index is 0.170. The number of para-hydroxylation sites is 2. The second kappa shape index (κ2) is 12.0. The van der Waals surface area contributed by atoms with E-state index in [-0.39, 0.29) is 31.2 Å². The summed E-state index contributed by atoms with van der Waals surface area (Å²) in [5.41, 5.74) is 2.26. The lowest BCUT2D eigenvalue weighted by Gasteiger charge is -2.16. The zero-order valence-electron chi connectivity index (χ0n) is 20.0. The Morgan fingerprint density at radius 1 is 1.00 bits per heavy atom. The van der Waals surface area contributed by atoms with Crippen LogP contribution in [0.3, 0.4) is 0 Å². The molecule has 1 fully saturated rings. The average molecular weight is 517 g/mol. The van der Waals surface area contributed by atoms with Gasteiger partial charge < -0.3 is 14.6 Å². The molecular formula is C28H24N2O6S. The van der Waals surface area contributed by atoms with E-state index in [4.69, 9.17) is 9.47 Å². The first kappa shape index (κ1) is 25.7. The Bertz CT molecular complexity index is 1350. The third-order valence-electron chi connectivity index (χ3n) is 5.27. The van der Waals surface area contributed by atoms with E-state index in [1.165, 1.54) is 23.9 Å². The van der Waals surface area contributed by atoms with Crippen molar-refractivity contribution in [2.45, 2.75) is 13.5 Å². The molecule has 188 valence electrons. The first-order valence-corrected chi connectivity index (χ1v) is 12.3. The molecule has 1 saturated heterocycles. The second-order valence-corrected chi connectivity index (χ2v) is 8.87. The maximum Gasteiger partial charge on any atom is 0.344 e. The molecule has 4 rings (SSSR count). The monoisotopic (exact) mass is 516 g/mol. The Morgan fingerprint density at radius 2 is 1.70 bits per heavy atom. The fourth-order valence-corrected chi connectivity index (χ4v) is 4.48. The number of esters is 1. The van der Waals surface area contributed by atoms with Crippen molar-refractivity contribution in [1.29, 1.82) is 0 Å². The van der Waals surface area contributed by atoms with E-state index in [2.05, 4.69) is 4.99 Å². The maximum atomic E-state index is 13.5. The SMILES string of the molecule is CCOC(=O)COc1ccccc1/C=C1\SC(=Nc2ccccc2)N(Cc2ccc(C(=O)O)cc2)C1=O. The number of hydrogen-bond acceptors (Lipinski definition) is 7. The van der Waals surface area contributed by atoms with Crippen molar-refractivity contribution in [3.05, 3.63) is 100 Å². The van der Waals surface area contributed by atoms with Crippen LogP contribution in [0.25, 0.3) is 6.08 Å². The van der Waals surface area contributed by atoms with Gasteiger partial charge in [0.25, 0.3) is 5.91 Å². The number of amides is 1. The zero-order chi connectivity index (χ0) is 26.2. The summed E-state index contributed by atoms with van der Waals surface area (Å²) < 4.78 is 10.6. The fraction of sp³-hybridized carbons (Fsp3) is 0.143. The largest absolute Gasteiger partial charge is 0.481 e. The van der Waals surface area contributed by atoms with Gasteiger partial charge >= 0.3 is 11.9 Å². The molecule has 0 radical (unpaired) electrons. The van der Waals surface area contributed by atoms with Crippen LogP contribution in [0.5, 0.6) is 5.75 Å². The van der Waals surface area contributed by atoms with Crippen LogP contribution in [-0.2, 0) is 20.9 Å². The number of aliphatic imine (C=N–C) groups is 1. The number of carboxylic acids is 1. The van der Waals surface area contributed by atoms with Crippen LogP contribution in [0.1, 0.15) is 28.4 Å². The molecule has 1 aliphatic rings. The van der Waals surface area contributed by atoms with E-state index in [0.717, 1.165) is 5.56 Å². The molecule has 1 aliphatic heterocycles. The van der Waals surface area contributed by atoms with Crippen LogP contribution in [0.4, 0.5) is 5.69 Å². The van der Waals surface area contributed by atoms with Crippen molar-refractivity contribution in [3.8, 4) is 5.75 Å². The molecule has 9 heteroatoms. The van der Waals surface area contributed by atoms with Crippen LogP contribution in [0.15, 0.2) is 88.8 Å². The number of thioether (sulfide) groups is 1. The fourth-order valence-electron chi connectivity index (χ4n) is 3.49. The van der Waals surface area contributed by atoms with Gasteiger partial charge in [0.2, 0.25) is 0 Å². The molecular weight excluding hydrogens is 492 g/mol. The molecule has 0 saturated carbocycles. The average Bonchev–Trinajstić information content (AvgIpc) is 3.18. The molecule has 3 aromatic carbocycles. The molecule has 0 aliphatic carbocycles. The quantitative estimate of drug-likeness (QED) is 0.310. The lowest BCUT2D eigenvalue weighted by Crippen LogP contribution is -2.28. The first-order valence-electron chi connectivity index (χ1n) is 11.5. The van der Waals surface area contributed by atoms with E-state index in [9.17, 15) is 19.5 Å². The number of ether oxygens (including phenoxy) is 2. The molecule has 0 spiro atoms. The van der Waals surface area contributed by atoms with Gasteiger partial charge in [-0.1, -0.05) is 48.5 Å². The Labute approximate surface area is 218 Å². The Morgan fingerprint density at radius 3 is 2.41 bits per heavy atom. The van der Waals surface area contributed by atoms with E-state index < -0.39 is 11.9 Å². The van der Waals surface area contributed by atoms with Crippen LogP contribution in [0.2, 0.25) is 0 Å². The minimum Gasteiger partial charge on any atom is -0.481 e. The number of carbonyl (C=O) groups is 3. The van der Waals surface area contributed by atoms with Crippen LogP contribution < -0.4 is 4.74 Å². The van der Waals surface area contributed by atoms with E-state index in [1.807, 2.05) is 36.4 Å². The first-order chi connectivity index (χ1) is 17.9. The lowest BCUT2D eigenvalue weighted by molar-refractivity contribution is -0.145. The number of amidine groups is 1. The summed E-state index contributed by atoms with van der Waals surface area (Å²) in [6.45, 7) is 1.96. The number of benzene rings is 3. The molecule has 0 bridgehead atoms. The molecule has 8 nitrogen and oxygen atoms in total. The summed E-state index contributed by atoms with van der Waals surface area (Å²) in [6.07, 6.45) is 1.71. The van der Waals surface area contributed by atoms with Crippen molar-refractivity contribution < 1.29 is 29.0 Å². The van der Waals surface area contributed by atoms with Crippen molar-refractivity contribution in [3.63, 3.8) is 0 Å². The minimum atomic E-state index is -1.01. The van der Waals surface area contributed by atoms with Crippen molar-refractivity contribution in [1.82, 2.24) is 4.90 Å². The summed E-state index contributed by atoms with van der Waals surface area (Å²) in [4.78, 5) is 43.1. The van der Waals surface area contributed by atoms with Crippen molar-refractivity contribution in [2.75, 3.05) is 13.2 Å². The maximum absolute atomic E-state index is 13.5. The third-order valence-corrected chi connectivity index (χ3v) is 6.27. The van der Waals surface area contributed by atoms with Gasteiger partial charge in [-0.25, -0.2) is 14.6 Å². The number of carboxylic acid groups (broad SMARTS) is 1. The summed E-state index contributed by atoms with van der Waals surface area (Å²) in [5, 5.41) is 9.67. The van der Waals surface area contributed by atoms with E-state index in [1.54, 1.807) is 48.2 Å². The number of nitrogens with zero attached hydrogens (tertiary/aromatic N) is 2.